The summed E-state index contributed by atoms with van der Waals surface area (Å²) in [7, 11) is 0. The maximum absolute atomic E-state index is 11.7. The number of ether oxygens (including phenoxy) is 1. The van der Waals surface area contributed by atoms with Crippen LogP contribution in [0.15, 0.2) is 12.7 Å². The highest BCUT2D eigenvalue weighted by Crippen LogP contribution is 2.18. The van der Waals surface area contributed by atoms with Gasteiger partial charge in [-0.25, -0.2) is 4.79 Å². The lowest BCUT2D eigenvalue weighted by Crippen LogP contribution is -2.47. The number of carbonyl (C=O) groups is 1. The Morgan fingerprint density at radius 2 is 2.06 bits per heavy atom. The van der Waals surface area contributed by atoms with Gasteiger partial charge in [-0.05, 0) is 39.0 Å². The lowest BCUT2D eigenvalue weighted by atomic mass is 9.93. The molecule has 0 aromatic carbocycles. The zero-order valence-corrected chi connectivity index (χ0v) is 10.9. The van der Waals surface area contributed by atoms with Crippen molar-refractivity contribution >= 4 is 6.03 Å². The first-order chi connectivity index (χ1) is 8.13. The van der Waals surface area contributed by atoms with Gasteiger partial charge < -0.3 is 15.4 Å². The van der Waals surface area contributed by atoms with Gasteiger partial charge in [0.15, 0.2) is 0 Å². The molecule has 2 amide bonds. The summed E-state index contributed by atoms with van der Waals surface area (Å²) in [6.45, 7) is 9.31. The average molecular weight is 240 g/mol. The van der Waals surface area contributed by atoms with Crippen molar-refractivity contribution in [3.05, 3.63) is 12.7 Å². The normalized spacial score (nSPS) is 20.4. The number of amides is 2. The molecule has 0 radical (unpaired) electrons. The van der Waals surface area contributed by atoms with Crippen LogP contribution in [0.25, 0.3) is 0 Å². The molecule has 0 aliphatic carbocycles. The molecule has 98 valence electrons. The quantitative estimate of drug-likeness (QED) is 0.723. The fourth-order valence-electron chi connectivity index (χ4n) is 2.11. The van der Waals surface area contributed by atoms with E-state index >= 15 is 0 Å². The Kier molecular flexibility index (Phi) is 6.05. The third-order valence-electron chi connectivity index (χ3n) is 3.23. The van der Waals surface area contributed by atoms with Crippen molar-refractivity contribution in [2.24, 2.45) is 5.92 Å². The van der Waals surface area contributed by atoms with Gasteiger partial charge in [0.25, 0.3) is 0 Å². The molecular formula is C13H24N2O2. The fourth-order valence-corrected chi connectivity index (χ4v) is 2.11. The third-order valence-corrected chi connectivity index (χ3v) is 3.23. The van der Waals surface area contributed by atoms with E-state index in [1.54, 1.807) is 0 Å². The van der Waals surface area contributed by atoms with Crippen molar-refractivity contribution in [2.45, 2.75) is 45.2 Å². The first kappa shape index (κ1) is 14.0. The molecule has 1 rings (SSSR count). The van der Waals surface area contributed by atoms with Crippen LogP contribution in [0.5, 0.6) is 0 Å². The summed E-state index contributed by atoms with van der Waals surface area (Å²) in [6.07, 6.45) is 4.67. The van der Waals surface area contributed by atoms with Crippen LogP contribution < -0.4 is 10.6 Å². The first-order valence-electron chi connectivity index (χ1n) is 6.39. The summed E-state index contributed by atoms with van der Waals surface area (Å²) in [5, 5.41) is 5.90. The molecule has 0 bridgehead atoms. The van der Waals surface area contributed by atoms with Crippen LogP contribution in [-0.2, 0) is 4.74 Å². The maximum atomic E-state index is 11.7. The van der Waals surface area contributed by atoms with Gasteiger partial charge >= 0.3 is 6.03 Å². The van der Waals surface area contributed by atoms with E-state index in [9.17, 15) is 4.79 Å². The van der Waals surface area contributed by atoms with Crippen LogP contribution in [0.3, 0.4) is 0 Å². The molecule has 2 atom stereocenters. The highest BCUT2D eigenvalue weighted by atomic mass is 16.5. The molecule has 1 aliphatic rings. The lowest BCUT2D eigenvalue weighted by Gasteiger charge is -2.28. The van der Waals surface area contributed by atoms with Gasteiger partial charge in [0, 0.05) is 25.3 Å². The van der Waals surface area contributed by atoms with Crippen LogP contribution in [0.2, 0.25) is 0 Å². The summed E-state index contributed by atoms with van der Waals surface area (Å²) < 4.78 is 5.31. The molecule has 0 saturated carbocycles. The molecule has 0 aromatic heterocycles. The molecular weight excluding hydrogens is 216 g/mol. The highest BCUT2D eigenvalue weighted by molar-refractivity contribution is 5.74. The molecule has 4 nitrogen and oxygen atoms in total. The van der Waals surface area contributed by atoms with E-state index < -0.39 is 0 Å². The Bertz CT molecular complexity index is 250. The molecule has 1 fully saturated rings. The van der Waals surface area contributed by atoms with E-state index in [2.05, 4.69) is 24.1 Å². The highest BCUT2D eigenvalue weighted by Gasteiger charge is 2.21. The average Bonchev–Trinajstić information content (AvgIpc) is 2.30. The van der Waals surface area contributed by atoms with E-state index in [1.165, 1.54) is 0 Å². The predicted molar refractivity (Wildman–Crippen MR) is 68.9 cm³/mol. The standard InChI is InChI=1S/C13H24N2O2/c1-4-5-10(2)14-13(16)15-11(3)12-6-8-17-9-7-12/h4,10-12H,1,5-9H2,2-3H3,(H2,14,15,16). The molecule has 2 N–H and O–H groups in total. The van der Waals surface area contributed by atoms with E-state index in [4.69, 9.17) is 4.74 Å². The molecule has 1 aliphatic heterocycles. The zero-order valence-electron chi connectivity index (χ0n) is 10.9. The third kappa shape index (κ3) is 5.22. The number of nitrogens with one attached hydrogen (secondary N) is 2. The van der Waals surface area contributed by atoms with Crippen molar-refractivity contribution < 1.29 is 9.53 Å². The molecule has 1 saturated heterocycles. The Morgan fingerprint density at radius 3 is 2.65 bits per heavy atom. The number of hydrogen-bond donors (Lipinski definition) is 2. The second-order valence-electron chi connectivity index (χ2n) is 4.78. The van der Waals surface area contributed by atoms with Gasteiger partial charge in [-0.1, -0.05) is 6.08 Å². The lowest BCUT2D eigenvalue weighted by molar-refractivity contribution is 0.0570. The topological polar surface area (TPSA) is 50.4 Å². The summed E-state index contributed by atoms with van der Waals surface area (Å²) in [5.74, 6) is 0.532. The Labute approximate surface area is 104 Å². The molecule has 17 heavy (non-hydrogen) atoms. The fraction of sp³-hybridized carbons (Fsp3) is 0.769. The summed E-state index contributed by atoms with van der Waals surface area (Å²) in [5.41, 5.74) is 0. The number of rotatable bonds is 5. The zero-order chi connectivity index (χ0) is 12.7. The van der Waals surface area contributed by atoms with Crippen molar-refractivity contribution in [3.63, 3.8) is 0 Å². The van der Waals surface area contributed by atoms with Crippen molar-refractivity contribution in [2.75, 3.05) is 13.2 Å². The SMILES string of the molecule is C=CCC(C)NC(=O)NC(C)C1CCOCC1. The van der Waals surface area contributed by atoms with Crippen LogP contribution in [0, 0.1) is 5.92 Å². The van der Waals surface area contributed by atoms with Crippen molar-refractivity contribution in [1.29, 1.82) is 0 Å². The van der Waals surface area contributed by atoms with Crippen LogP contribution in [0.4, 0.5) is 4.79 Å². The molecule has 1 heterocycles. The maximum Gasteiger partial charge on any atom is 0.315 e. The number of carbonyl (C=O) groups excluding carboxylic acids is 1. The predicted octanol–water partition coefficient (Wildman–Crippen LogP) is 2.07. The van der Waals surface area contributed by atoms with Gasteiger partial charge in [-0.15, -0.1) is 6.58 Å². The molecule has 0 aromatic rings. The molecule has 0 spiro atoms. The van der Waals surface area contributed by atoms with Crippen LogP contribution in [-0.4, -0.2) is 31.3 Å². The summed E-state index contributed by atoms with van der Waals surface area (Å²) >= 11 is 0. The summed E-state index contributed by atoms with van der Waals surface area (Å²) in [4.78, 5) is 11.7. The van der Waals surface area contributed by atoms with Gasteiger partial charge in [0.05, 0.1) is 0 Å². The smallest absolute Gasteiger partial charge is 0.315 e. The minimum Gasteiger partial charge on any atom is -0.381 e. The van der Waals surface area contributed by atoms with Gasteiger partial charge in [0.1, 0.15) is 0 Å². The largest absolute Gasteiger partial charge is 0.381 e. The Balaban J connectivity index is 2.26. The van der Waals surface area contributed by atoms with Crippen LogP contribution >= 0.6 is 0 Å². The molecule has 4 heteroatoms. The number of urea groups is 1. The van der Waals surface area contributed by atoms with Crippen molar-refractivity contribution in [1.82, 2.24) is 10.6 Å². The van der Waals surface area contributed by atoms with Gasteiger partial charge in [-0.3, -0.25) is 0 Å². The van der Waals surface area contributed by atoms with Crippen LogP contribution in [0.1, 0.15) is 33.1 Å². The monoisotopic (exact) mass is 240 g/mol. The minimum absolute atomic E-state index is 0.0849. The van der Waals surface area contributed by atoms with E-state index in [1.807, 2.05) is 13.0 Å². The second kappa shape index (κ2) is 7.33. The van der Waals surface area contributed by atoms with E-state index in [0.717, 1.165) is 32.5 Å². The van der Waals surface area contributed by atoms with Gasteiger partial charge in [0.2, 0.25) is 0 Å². The minimum atomic E-state index is -0.0849. The second-order valence-corrected chi connectivity index (χ2v) is 4.78. The first-order valence-corrected chi connectivity index (χ1v) is 6.39. The molecule has 2 unspecified atom stereocenters. The van der Waals surface area contributed by atoms with Crippen molar-refractivity contribution in [3.8, 4) is 0 Å². The van der Waals surface area contributed by atoms with E-state index in [-0.39, 0.29) is 18.1 Å². The Morgan fingerprint density at radius 1 is 1.41 bits per heavy atom. The summed E-state index contributed by atoms with van der Waals surface area (Å²) in [6, 6.07) is 0.252. The van der Waals surface area contributed by atoms with E-state index in [0.29, 0.717) is 5.92 Å². The number of hydrogen-bond acceptors (Lipinski definition) is 2. The van der Waals surface area contributed by atoms with Gasteiger partial charge in [-0.2, -0.15) is 0 Å². The Hall–Kier alpha value is -1.03.